The Morgan fingerprint density at radius 3 is 2.57 bits per heavy atom. The summed E-state index contributed by atoms with van der Waals surface area (Å²) in [6, 6.07) is 12.1. The quantitative estimate of drug-likeness (QED) is 0.642. The van der Waals surface area contributed by atoms with E-state index in [1.54, 1.807) is 30.3 Å². The summed E-state index contributed by atoms with van der Waals surface area (Å²) in [6.45, 7) is 2.83. The fourth-order valence-electron chi connectivity index (χ4n) is 3.44. The van der Waals surface area contributed by atoms with Crippen molar-refractivity contribution >= 4 is 44.8 Å². The van der Waals surface area contributed by atoms with Crippen LogP contribution < -0.4 is 10.1 Å². The summed E-state index contributed by atoms with van der Waals surface area (Å²) in [5, 5.41) is 3.50. The van der Waals surface area contributed by atoms with Crippen LogP contribution in [-0.4, -0.2) is 38.3 Å². The van der Waals surface area contributed by atoms with Gasteiger partial charge in [0, 0.05) is 28.7 Å². The maximum absolute atomic E-state index is 13.0. The van der Waals surface area contributed by atoms with Gasteiger partial charge in [-0.1, -0.05) is 41.4 Å². The number of carbonyl (C=O) groups is 1. The lowest BCUT2D eigenvalue weighted by Gasteiger charge is -2.31. The summed E-state index contributed by atoms with van der Waals surface area (Å²) in [6.07, 6.45) is 1.21. The van der Waals surface area contributed by atoms with E-state index in [9.17, 15) is 13.2 Å². The molecule has 2 aromatic rings. The van der Waals surface area contributed by atoms with Gasteiger partial charge in [-0.2, -0.15) is 0 Å². The van der Waals surface area contributed by atoms with E-state index in [0.29, 0.717) is 53.0 Å². The number of ether oxygens (including phenoxy) is 1. The molecule has 6 nitrogen and oxygen atoms in total. The number of benzene rings is 2. The minimum Gasteiger partial charge on any atom is -0.492 e. The number of hydrogen-bond acceptors (Lipinski definition) is 4. The van der Waals surface area contributed by atoms with Crippen molar-refractivity contribution in [3.8, 4) is 5.75 Å². The minimum absolute atomic E-state index is 0.118. The van der Waals surface area contributed by atoms with E-state index >= 15 is 0 Å². The summed E-state index contributed by atoms with van der Waals surface area (Å²) in [4.78, 5) is 12.8. The third-order valence-corrected chi connectivity index (χ3v) is 7.46. The molecule has 0 spiro atoms. The third-order valence-electron chi connectivity index (χ3n) is 4.98. The molecule has 1 aliphatic rings. The van der Waals surface area contributed by atoms with Crippen LogP contribution in [0.4, 0.5) is 5.69 Å². The van der Waals surface area contributed by atoms with Gasteiger partial charge in [-0.15, -0.1) is 0 Å². The number of sulfonamides is 1. The SMILES string of the molecule is CCOc1ccccc1NC(=O)[C@H]1CCCN(S(=O)(=O)Cc2c(Cl)cccc2Cl)C1. The smallest absolute Gasteiger partial charge is 0.228 e. The van der Waals surface area contributed by atoms with E-state index < -0.39 is 15.9 Å². The predicted molar refractivity (Wildman–Crippen MR) is 120 cm³/mol. The minimum atomic E-state index is -3.68. The Kier molecular flexibility index (Phi) is 7.63. The lowest BCUT2D eigenvalue weighted by atomic mass is 9.98. The van der Waals surface area contributed by atoms with Crippen LogP contribution in [0.25, 0.3) is 0 Å². The second-order valence-electron chi connectivity index (χ2n) is 7.07. The summed E-state index contributed by atoms with van der Waals surface area (Å²) >= 11 is 12.3. The lowest BCUT2D eigenvalue weighted by molar-refractivity contribution is -0.120. The Morgan fingerprint density at radius 1 is 1.17 bits per heavy atom. The molecule has 1 heterocycles. The average molecular weight is 471 g/mol. The van der Waals surface area contributed by atoms with Crippen LogP contribution in [0.1, 0.15) is 25.3 Å². The first-order chi connectivity index (χ1) is 14.3. The monoisotopic (exact) mass is 470 g/mol. The highest BCUT2D eigenvalue weighted by Gasteiger charge is 2.33. The zero-order chi connectivity index (χ0) is 21.7. The van der Waals surface area contributed by atoms with Crippen LogP contribution in [-0.2, 0) is 20.6 Å². The van der Waals surface area contributed by atoms with Crippen molar-refractivity contribution in [1.82, 2.24) is 4.31 Å². The van der Waals surface area contributed by atoms with Gasteiger partial charge in [0.25, 0.3) is 0 Å². The number of piperidine rings is 1. The number of nitrogens with zero attached hydrogens (tertiary/aromatic N) is 1. The topological polar surface area (TPSA) is 75.7 Å². The molecule has 9 heteroatoms. The van der Waals surface area contributed by atoms with Crippen molar-refractivity contribution < 1.29 is 17.9 Å². The molecule has 0 unspecified atom stereocenters. The van der Waals surface area contributed by atoms with Crippen molar-refractivity contribution in [1.29, 1.82) is 0 Å². The number of hydrogen-bond donors (Lipinski definition) is 1. The van der Waals surface area contributed by atoms with Gasteiger partial charge in [0.15, 0.2) is 0 Å². The molecule has 0 aromatic heterocycles. The Morgan fingerprint density at radius 2 is 1.87 bits per heavy atom. The Labute approximate surface area is 187 Å². The molecule has 0 bridgehead atoms. The number of halogens is 2. The van der Waals surface area contributed by atoms with Crippen molar-refractivity contribution in [2.24, 2.45) is 5.92 Å². The molecule has 0 aliphatic carbocycles. The molecule has 162 valence electrons. The van der Waals surface area contributed by atoms with E-state index in [2.05, 4.69) is 5.32 Å². The van der Waals surface area contributed by atoms with E-state index in [0.717, 1.165) is 0 Å². The molecule has 1 aliphatic heterocycles. The number of para-hydroxylation sites is 2. The fourth-order valence-corrected chi connectivity index (χ4v) is 5.80. The van der Waals surface area contributed by atoms with Crippen LogP contribution in [0.2, 0.25) is 10.0 Å². The molecule has 3 rings (SSSR count). The molecule has 0 saturated carbocycles. The highest BCUT2D eigenvalue weighted by atomic mass is 35.5. The first kappa shape index (κ1) is 22.9. The van der Waals surface area contributed by atoms with Crippen molar-refractivity contribution in [3.63, 3.8) is 0 Å². The van der Waals surface area contributed by atoms with Crippen LogP contribution in [0.5, 0.6) is 5.75 Å². The number of carbonyl (C=O) groups excluding carboxylic acids is 1. The number of rotatable bonds is 7. The fraction of sp³-hybridized carbons (Fsp3) is 0.381. The molecule has 1 saturated heterocycles. The molecule has 1 N–H and O–H groups in total. The van der Waals surface area contributed by atoms with E-state index in [1.165, 1.54) is 4.31 Å². The Hall–Kier alpha value is -1.80. The second-order valence-corrected chi connectivity index (χ2v) is 9.86. The third kappa shape index (κ3) is 5.46. The van der Waals surface area contributed by atoms with Crippen LogP contribution in [0.3, 0.4) is 0 Å². The van der Waals surface area contributed by atoms with Gasteiger partial charge in [0.2, 0.25) is 15.9 Å². The van der Waals surface area contributed by atoms with Crippen molar-refractivity contribution in [2.45, 2.75) is 25.5 Å². The van der Waals surface area contributed by atoms with Gasteiger partial charge in [-0.25, -0.2) is 12.7 Å². The highest BCUT2D eigenvalue weighted by molar-refractivity contribution is 7.88. The normalized spacial score (nSPS) is 17.5. The summed E-state index contributed by atoms with van der Waals surface area (Å²) < 4.78 is 32.9. The molecular weight excluding hydrogens is 447 g/mol. The summed E-state index contributed by atoms with van der Waals surface area (Å²) in [5.74, 6) is -0.391. The van der Waals surface area contributed by atoms with Crippen molar-refractivity contribution in [3.05, 3.63) is 58.1 Å². The molecular formula is C21H24Cl2N2O4S. The van der Waals surface area contributed by atoms with Gasteiger partial charge in [0.05, 0.1) is 24.0 Å². The molecule has 1 atom stereocenters. The lowest BCUT2D eigenvalue weighted by Crippen LogP contribution is -2.44. The van der Waals surface area contributed by atoms with Crippen molar-refractivity contribution in [2.75, 3.05) is 25.0 Å². The van der Waals surface area contributed by atoms with Crippen LogP contribution >= 0.6 is 23.2 Å². The molecule has 2 aromatic carbocycles. The Balaban J connectivity index is 1.71. The van der Waals surface area contributed by atoms with Crippen LogP contribution in [0.15, 0.2) is 42.5 Å². The van der Waals surface area contributed by atoms with Gasteiger partial charge in [0.1, 0.15) is 5.75 Å². The zero-order valence-electron chi connectivity index (χ0n) is 16.6. The molecule has 30 heavy (non-hydrogen) atoms. The van der Waals surface area contributed by atoms with Gasteiger partial charge >= 0.3 is 0 Å². The summed E-state index contributed by atoms with van der Waals surface area (Å²) in [5.41, 5.74) is 0.949. The summed E-state index contributed by atoms with van der Waals surface area (Å²) in [7, 11) is -3.68. The standard InChI is InChI=1S/C21H24Cl2N2O4S/c1-2-29-20-11-4-3-10-19(20)24-21(26)15-7-6-12-25(13-15)30(27,28)14-16-17(22)8-5-9-18(16)23/h3-5,8-11,15H,2,6-7,12-14H2,1H3,(H,24,26)/t15-/m0/s1. The maximum atomic E-state index is 13.0. The number of anilines is 1. The zero-order valence-corrected chi connectivity index (χ0v) is 18.9. The predicted octanol–water partition coefficient (Wildman–Crippen LogP) is 4.57. The largest absolute Gasteiger partial charge is 0.492 e. The number of amides is 1. The van der Waals surface area contributed by atoms with Crippen LogP contribution in [0, 0.1) is 5.92 Å². The molecule has 1 amide bonds. The molecule has 1 fully saturated rings. The maximum Gasteiger partial charge on any atom is 0.228 e. The Bertz CT molecular complexity index is 994. The van der Waals surface area contributed by atoms with Gasteiger partial charge in [-0.3, -0.25) is 4.79 Å². The average Bonchev–Trinajstić information content (AvgIpc) is 2.72. The highest BCUT2D eigenvalue weighted by Crippen LogP contribution is 2.30. The van der Waals surface area contributed by atoms with Gasteiger partial charge < -0.3 is 10.1 Å². The van der Waals surface area contributed by atoms with E-state index in [4.69, 9.17) is 27.9 Å². The first-order valence-electron chi connectivity index (χ1n) is 9.75. The second kappa shape index (κ2) is 10.0. The molecule has 0 radical (unpaired) electrons. The van der Waals surface area contributed by atoms with Gasteiger partial charge in [-0.05, 0) is 44.0 Å². The number of nitrogens with one attached hydrogen (secondary N) is 1. The van der Waals surface area contributed by atoms with E-state index in [-0.39, 0.29) is 18.2 Å². The van der Waals surface area contributed by atoms with E-state index in [1.807, 2.05) is 19.1 Å². The first-order valence-corrected chi connectivity index (χ1v) is 12.1.